The Balaban J connectivity index is 0.00000128. The summed E-state index contributed by atoms with van der Waals surface area (Å²) in [7, 11) is 1.38. The Morgan fingerprint density at radius 1 is 1.50 bits per heavy atom. The molecule has 2 rings (SSSR count). The molecule has 5 heteroatoms. The maximum Gasteiger partial charge on any atom is 0.310 e. The molecular weight excluding hydrogens is 228 g/mol. The Hall–Kier alpha value is -1.68. The van der Waals surface area contributed by atoms with Crippen molar-refractivity contribution in [3.8, 4) is 0 Å². The second-order valence-corrected chi connectivity index (χ2v) is 3.37. The molecule has 2 aromatic rings. The minimum Gasteiger partial charge on any atom is -0.469 e. The van der Waals surface area contributed by atoms with Gasteiger partial charge in [-0.05, 0) is 23.8 Å². The first-order chi connectivity index (χ1) is 7.20. The van der Waals surface area contributed by atoms with Crippen molar-refractivity contribution in [1.82, 2.24) is 4.98 Å². The molecule has 0 aliphatic heterocycles. The number of fused-ring (bicyclic) bond motifs is 1. The van der Waals surface area contributed by atoms with Crippen LogP contribution in [0.4, 0.5) is 5.69 Å². The molecule has 0 bridgehead atoms. The number of nitrogens with two attached hydrogens (primary N) is 1. The fourth-order valence-corrected chi connectivity index (χ4v) is 1.57. The van der Waals surface area contributed by atoms with Gasteiger partial charge in [-0.3, -0.25) is 4.79 Å². The Labute approximate surface area is 99.2 Å². The second kappa shape index (κ2) is 4.90. The molecule has 0 unspecified atom stereocenters. The Morgan fingerprint density at radius 2 is 2.25 bits per heavy atom. The number of H-pyrrole nitrogens is 1. The zero-order valence-electron chi connectivity index (χ0n) is 8.82. The molecule has 0 spiro atoms. The third-order valence-corrected chi connectivity index (χ3v) is 2.35. The van der Waals surface area contributed by atoms with Crippen LogP contribution >= 0.6 is 12.4 Å². The minimum absolute atomic E-state index is 0. The highest BCUT2D eigenvalue weighted by Crippen LogP contribution is 2.21. The molecule has 3 N–H and O–H groups in total. The fraction of sp³-hybridized carbons (Fsp3) is 0.182. The smallest absolute Gasteiger partial charge is 0.310 e. The number of nitrogens with one attached hydrogen (secondary N) is 1. The van der Waals surface area contributed by atoms with Gasteiger partial charge in [0, 0.05) is 22.8 Å². The summed E-state index contributed by atoms with van der Waals surface area (Å²) < 4.78 is 4.62. The van der Waals surface area contributed by atoms with Gasteiger partial charge in [0.25, 0.3) is 0 Å². The number of benzene rings is 1. The van der Waals surface area contributed by atoms with Crippen LogP contribution in [0.1, 0.15) is 5.56 Å². The van der Waals surface area contributed by atoms with Crippen molar-refractivity contribution in [2.24, 2.45) is 0 Å². The topological polar surface area (TPSA) is 68.1 Å². The molecule has 1 aromatic heterocycles. The van der Waals surface area contributed by atoms with Gasteiger partial charge in [0.2, 0.25) is 0 Å². The number of anilines is 1. The standard InChI is InChI=1S/C11H12N2O2.ClH/c1-15-11(14)4-7-6-13-10-3-2-8(12)5-9(7)10;/h2-3,5-6,13H,4,12H2,1H3;1H. The lowest BCUT2D eigenvalue weighted by Gasteiger charge is -1.98. The van der Waals surface area contributed by atoms with Crippen molar-refractivity contribution in [2.45, 2.75) is 6.42 Å². The third-order valence-electron chi connectivity index (χ3n) is 2.35. The van der Waals surface area contributed by atoms with E-state index in [4.69, 9.17) is 5.73 Å². The van der Waals surface area contributed by atoms with Gasteiger partial charge < -0.3 is 15.5 Å². The fourth-order valence-electron chi connectivity index (χ4n) is 1.57. The molecule has 16 heavy (non-hydrogen) atoms. The van der Waals surface area contributed by atoms with Gasteiger partial charge in [0.05, 0.1) is 13.5 Å². The molecule has 86 valence electrons. The number of carbonyl (C=O) groups excluding carboxylic acids is 1. The van der Waals surface area contributed by atoms with Gasteiger partial charge >= 0.3 is 5.97 Å². The van der Waals surface area contributed by atoms with Gasteiger partial charge in [-0.25, -0.2) is 0 Å². The lowest BCUT2D eigenvalue weighted by Crippen LogP contribution is -2.03. The van der Waals surface area contributed by atoms with Gasteiger partial charge in [-0.2, -0.15) is 0 Å². The molecule has 0 aliphatic rings. The second-order valence-electron chi connectivity index (χ2n) is 3.37. The van der Waals surface area contributed by atoms with E-state index in [0.717, 1.165) is 16.5 Å². The summed E-state index contributed by atoms with van der Waals surface area (Å²) >= 11 is 0. The van der Waals surface area contributed by atoms with E-state index in [2.05, 4.69) is 9.72 Å². The molecule has 0 fully saturated rings. The van der Waals surface area contributed by atoms with E-state index in [-0.39, 0.29) is 24.8 Å². The van der Waals surface area contributed by atoms with Crippen LogP contribution in [0.5, 0.6) is 0 Å². The molecule has 0 saturated heterocycles. The maximum absolute atomic E-state index is 11.1. The maximum atomic E-state index is 11.1. The number of carbonyl (C=O) groups is 1. The van der Waals surface area contributed by atoms with Gasteiger partial charge in [0.1, 0.15) is 0 Å². The first-order valence-corrected chi connectivity index (χ1v) is 4.63. The minimum atomic E-state index is -0.252. The number of aromatic nitrogens is 1. The Bertz CT molecular complexity index is 508. The van der Waals surface area contributed by atoms with Crippen molar-refractivity contribution < 1.29 is 9.53 Å². The average Bonchev–Trinajstić information content (AvgIpc) is 2.61. The van der Waals surface area contributed by atoms with Crippen LogP contribution in [-0.4, -0.2) is 18.1 Å². The number of hydrogen-bond acceptors (Lipinski definition) is 3. The van der Waals surface area contributed by atoms with E-state index < -0.39 is 0 Å². The number of esters is 1. The summed E-state index contributed by atoms with van der Waals surface area (Å²) in [6.45, 7) is 0. The number of methoxy groups -OCH3 is 1. The normalized spacial score (nSPS) is 9.81. The number of rotatable bonds is 2. The first-order valence-electron chi connectivity index (χ1n) is 4.63. The van der Waals surface area contributed by atoms with Crippen LogP contribution in [0.2, 0.25) is 0 Å². The van der Waals surface area contributed by atoms with E-state index in [9.17, 15) is 4.79 Å². The molecule has 1 aromatic carbocycles. The highest BCUT2D eigenvalue weighted by molar-refractivity contribution is 5.89. The predicted molar refractivity (Wildman–Crippen MR) is 65.7 cm³/mol. The lowest BCUT2D eigenvalue weighted by atomic mass is 10.1. The monoisotopic (exact) mass is 240 g/mol. The molecule has 0 saturated carbocycles. The molecule has 1 heterocycles. The average molecular weight is 241 g/mol. The quantitative estimate of drug-likeness (QED) is 0.622. The molecule has 0 atom stereocenters. The molecule has 0 amide bonds. The van der Waals surface area contributed by atoms with E-state index in [1.54, 1.807) is 6.20 Å². The number of halogens is 1. The molecule has 0 radical (unpaired) electrons. The molecular formula is C11H13ClN2O2. The number of aromatic amines is 1. The molecule has 0 aliphatic carbocycles. The first kappa shape index (κ1) is 12.4. The van der Waals surface area contributed by atoms with Crippen LogP contribution in [0, 0.1) is 0 Å². The van der Waals surface area contributed by atoms with E-state index in [1.165, 1.54) is 7.11 Å². The van der Waals surface area contributed by atoms with Crippen molar-refractivity contribution in [3.63, 3.8) is 0 Å². The number of nitrogen functional groups attached to an aromatic ring is 1. The van der Waals surface area contributed by atoms with Crippen molar-refractivity contribution >= 4 is 35.0 Å². The third kappa shape index (κ3) is 2.28. The lowest BCUT2D eigenvalue weighted by molar-refractivity contribution is -0.139. The van der Waals surface area contributed by atoms with Crippen molar-refractivity contribution in [1.29, 1.82) is 0 Å². The summed E-state index contributed by atoms with van der Waals surface area (Å²) in [6, 6.07) is 5.57. The zero-order chi connectivity index (χ0) is 10.8. The Kier molecular flexibility index (Phi) is 3.79. The summed E-state index contributed by atoms with van der Waals surface area (Å²) in [6.07, 6.45) is 2.07. The summed E-state index contributed by atoms with van der Waals surface area (Å²) in [5, 5.41) is 0.973. The summed E-state index contributed by atoms with van der Waals surface area (Å²) in [5.41, 5.74) is 8.26. The van der Waals surface area contributed by atoms with E-state index >= 15 is 0 Å². The van der Waals surface area contributed by atoms with Crippen LogP contribution in [0.25, 0.3) is 10.9 Å². The predicted octanol–water partition coefficient (Wildman–Crippen LogP) is 1.89. The zero-order valence-corrected chi connectivity index (χ0v) is 9.64. The van der Waals surface area contributed by atoms with E-state index in [1.807, 2.05) is 18.2 Å². The van der Waals surface area contributed by atoms with Crippen LogP contribution in [0.15, 0.2) is 24.4 Å². The largest absolute Gasteiger partial charge is 0.469 e. The highest BCUT2D eigenvalue weighted by atomic mass is 35.5. The van der Waals surface area contributed by atoms with Crippen molar-refractivity contribution in [3.05, 3.63) is 30.0 Å². The van der Waals surface area contributed by atoms with Crippen LogP contribution < -0.4 is 5.73 Å². The van der Waals surface area contributed by atoms with Gasteiger partial charge in [0.15, 0.2) is 0 Å². The van der Waals surface area contributed by atoms with E-state index in [0.29, 0.717) is 5.69 Å². The van der Waals surface area contributed by atoms with Gasteiger partial charge in [-0.15, -0.1) is 12.4 Å². The highest BCUT2D eigenvalue weighted by Gasteiger charge is 2.08. The van der Waals surface area contributed by atoms with Gasteiger partial charge in [-0.1, -0.05) is 0 Å². The number of ether oxygens (including phenoxy) is 1. The number of hydrogen-bond donors (Lipinski definition) is 2. The van der Waals surface area contributed by atoms with Crippen LogP contribution in [-0.2, 0) is 16.0 Å². The molecule has 4 nitrogen and oxygen atoms in total. The van der Waals surface area contributed by atoms with Crippen molar-refractivity contribution in [2.75, 3.05) is 12.8 Å². The Morgan fingerprint density at radius 3 is 2.94 bits per heavy atom. The van der Waals surface area contributed by atoms with Crippen LogP contribution in [0.3, 0.4) is 0 Å². The SMILES string of the molecule is COC(=O)Cc1c[nH]c2ccc(N)cc12.Cl. The summed E-state index contributed by atoms with van der Waals surface area (Å²) in [4.78, 5) is 14.2. The summed E-state index contributed by atoms with van der Waals surface area (Å²) in [5.74, 6) is -0.252.